The first-order valence-electron chi connectivity index (χ1n) is 6.35. The van der Waals surface area contributed by atoms with Gasteiger partial charge in [0.05, 0.1) is 0 Å². The van der Waals surface area contributed by atoms with Gasteiger partial charge in [0.1, 0.15) is 5.75 Å². The maximum absolute atomic E-state index is 12.4. The van der Waals surface area contributed by atoms with E-state index in [9.17, 15) is 8.78 Å². The Morgan fingerprint density at radius 1 is 1.29 bits per heavy atom. The average Bonchev–Trinajstić information content (AvgIpc) is 2.78. The van der Waals surface area contributed by atoms with Crippen LogP contribution in [0.3, 0.4) is 0 Å². The van der Waals surface area contributed by atoms with Gasteiger partial charge in [-0.15, -0.1) is 10.2 Å². The van der Waals surface area contributed by atoms with E-state index in [1.165, 1.54) is 17.8 Å². The minimum absolute atomic E-state index is 0.120. The predicted molar refractivity (Wildman–Crippen MR) is 77.5 cm³/mol. The van der Waals surface area contributed by atoms with Crippen molar-refractivity contribution in [3.05, 3.63) is 29.8 Å². The van der Waals surface area contributed by atoms with Crippen molar-refractivity contribution in [1.29, 1.82) is 0 Å². The summed E-state index contributed by atoms with van der Waals surface area (Å²) < 4.78 is 31.0. The van der Waals surface area contributed by atoms with Gasteiger partial charge in [0.25, 0.3) is 0 Å². The van der Waals surface area contributed by atoms with Gasteiger partial charge in [0.15, 0.2) is 5.16 Å². The lowest BCUT2D eigenvalue weighted by atomic mass is 10.2. The second-order valence-electron chi connectivity index (χ2n) is 4.58. The molecule has 2 aromatic rings. The maximum atomic E-state index is 12.4. The summed E-state index contributed by atoms with van der Waals surface area (Å²) in [6.07, 6.45) is 0. The van der Waals surface area contributed by atoms with Crippen molar-refractivity contribution >= 4 is 17.7 Å². The molecule has 0 saturated carbocycles. The topological polar surface area (TPSA) is 66.0 Å². The number of benzene rings is 1. The summed E-state index contributed by atoms with van der Waals surface area (Å²) in [6, 6.07) is 6.80. The standard InChI is InChI=1S/C13H16F2N4OS/c1-8(2)19-12(16)17-18-13(19)21-7-9-5-3-4-6-10(9)20-11(14)15/h3-6,8,11H,7H2,1-2H3,(H2,16,17). The van der Waals surface area contributed by atoms with Gasteiger partial charge in [0, 0.05) is 17.4 Å². The number of alkyl halides is 2. The highest BCUT2D eigenvalue weighted by Crippen LogP contribution is 2.30. The number of para-hydroxylation sites is 1. The third-order valence-electron chi connectivity index (χ3n) is 2.75. The minimum atomic E-state index is -2.84. The molecule has 0 saturated heterocycles. The molecule has 0 aliphatic heterocycles. The summed E-state index contributed by atoms with van der Waals surface area (Å²) in [6.45, 7) is 1.10. The maximum Gasteiger partial charge on any atom is 0.387 e. The van der Waals surface area contributed by atoms with Gasteiger partial charge >= 0.3 is 6.61 Å². The SMILES string of the molecule is CC(C)n1c(N)nnc1SCc1ccccc1OC(F)F. The first-order valence-corrected chi connectivity index (χ1v) is 7.33. The van der Waals surface area contributed by atoms with Crippen LogP contribution in [0.2, 0.25) is 0 Å². The number of nitrogens with two attached hydrogens (primary N) is 1. The molecule has 2 N–H and O–H groups in total. The smallest absolute Gasteiger partial charge is 0.387 e. The van der Waals surface area contributed by atoms with Crippen LogP contribution >= 0.6 is 11.8 Å². The number of rotatable bonds is 6. The molecule has 1 aromatic carbocycles. The van der Waals surface area contributed by atoms with E-state index in [0.717, 1.165) is 0 Å². The molecule has 0 unspecified atom stereocenters. The van der Waals surface area contributed by atoms with E-state index >= 15 is 0 Å². The predicted octanol–water partition coefficient (Wildman–Crippen LogP) is 3.33. The van der Waals surface area contributed by atoms with Gasteiger partial charge < -0.3 is 10.5 Å². The fourth-order valence-corrected chi connectivity index (χ4v) is 2.91. The van der Waals surface area contributed by atoms with E-state index < -0.39 is 6.61 Å². The van der Waals surface area contributed by atoms with Crippen LogP contribution in [0.1, 0.15) is 25.5 Å². The Labute approximate surface area is 125 Å². The Morgan fingerprint density at radius 2 is 2.00 bits per heavy atom. The molecular weight excluding hydrogens is 298 g/mol. The van der Waals surface area contributed by atoms with Gasteiger partial charge in [-0.25, -0.2) is 0 Å². The molecular formula is C13H16F2N4OS. The molecule has 2 rings (SSSR count). The van der Waals surface area contributed by atoms with E-state index in [4.69, 9.17) is 5.73 Å². The number of ether oxygens (including phenoxy) is 1. The Morgan fingerprint density at radius 3 is 2.67 bits per heavy atom. The highest BCUT2D eigenvalue weighted by atomic mass is 32.2. The number of halogens is 2. The second kappa shape index (κ2) is 6.75. The van der Waals surface area contributed by atoms with Gasteiger partial charge in [-0.2, -0.15) is 8.78 Å². The molecule has 0 aliphatic rings. The third kappa shape index (κ3) is 3.84. The van der Waals surface area contributed by atoms with Crippen LogP contribution in [-0.4, -0.2) is 21.4 Å². The molecule has 1 heterocycles. The summed E-state index contributed by atoms with van der Waals surface area (Å²) in [7, 11) is 0. The summed E-state index contributed by atoms with van der Waals surface area (Å²) in [5, 5.41) is 8.49. The lowest BCUT2D eigenvalue weighted by Crippen LogP contribution is -2.07. The second-order valence-corrected chi connectivity index (χ2v) is 5.52. The van der Waals surface area contributed by atoms with Crippen molar-refractivity contribution in [2.45, 2.75) is 37.4 Å². The number of thioether (sulfide) groups is 1. The van der Waals surface area contributed by atoms with Crippen LogP contribution < -0.4 is 10.5 Å². The molecule has 0 aliphatic carbocycles. The number of nitrogen functional groups attached to an aromatic ring is 1. The largest absolute Gasteiger partial charge is 0.435 e. The van der Waals surface area contributed by atoms with Crippen molar-refractivity contribution in [1.82, 2.24) is 14.8 Å². The zero-order valence-corrected chi connectivity index (χ0v) is 12.5. The number of hydrogen-bond acceptors (Lipinski definition) is 5. The number of aromatic nitrogens is 3. The fourth-order valence-electron chi connectivity index (χ4n) is 1.85. The highest BCUT2D eigenvalue weighted by molar-refractivity contribution is 7.98. The monoisotopic (exact) mass is 314 g/mol. The summed E-state index contributed by atoms with van der Waals surface area (Å²) >= 11 is 1.38. The molecule has 0 amide bonds. The van der Waals surface area contributed by atoms with Gasteiger partial charge in [0.2, 0.25) is 5.95 Å². The first kappa shape index (κ1) is 15.6. The van der Waals surface area contributed by atoms with E-state index in [0.29, 0.717) is 22.4 Å². The van der Waals surface area contributed by atoms with Crippen LogP contribution in [0.25, 0.3) is 0 Å². The number of anilines is 1. The first-order chi connectivity index (χ1) is 9.99. The van der Waals surface area contributed by atoms with Gasteiger partial charge in [-0.05, 0) is 19.9 Å². The zero-order chi connectivity index (χ0) is 15.4. The van der Waals surface area contributed by atoms with E-state index in [1.54, 1.807) is 22.8 Å². The van der Waals surface area contributed by atoms with Crippen LogP contribution in [0.5, 0.6) is 5.75 Å². The number of nitrogens with zero attached hydrogens (tertiary/aromatic N) is 3. The molecule has 0 fully saturated rings. The molecule has 5 nitrogen and oxygen atoms in total. The molecule has 114 valence electrons. The van der Waals surface area contributed by atoms with Crippen LogP contribution in [0.4, 0.5) is 14.7 Å². The molecule has 21 heavy (non-hydrogen) atoms. The van der Waals surface area contributed by atoms with Crippen molar-refractivity contribution < 1.29 is 13.5 Å². The molecule has 0 spiro atoms. The third-order valence-corrected chi connectivity index (χ3v) is 3.74. The molecule has 0 atom stereocenters. The Balaban J connectivity index is 2.14. The lowest BCUT2D eigenvalue weighted by Gasteiger charge is -2.12. The highest BCUT2D eigenvalue weighted by Gasteiger charge is 2.15. The Bertz CT molecular complexity index is 604. The van der Waals surface area contributed by atoms with Crippen molar-refractivity contribution in [2.24, 2.45) is 0 Å². The van der Waals surface area contributed by atoms with Crippen molar-refractivity contribution in [3.63, 3.8) is 0 Å². The summed E-state index contributed by atoms with van der Waals surface area (Å²) in [4.78, 5) is 0. The van der Waals surface area contributed by atoms with Crippen LogP contribution in [0.15, 0.2) is 29.4 Å². The molecule has 1 aromatic heterocycles. The summed E-state index contributed by atoms with van der Waals surface area (Å²) in [5.41, 5.74) is 6.43. The van der Waals surface area contributed by atoms with Gasteiger partial charge in [-0.1, -0.05) is 30.0 Å². The van der Waals surface area contributed by atoms with E-state index in [2.05, 4.69) is 14.9 Å². The van der Waals surface area contributed by atoms with Crippen LogP contribution in [0, 0.1) is 0 Å². The Hall–Kier alpha value is -1.83. The fraction of sp³-hybridized carbons (Fsp3) is 0.385. The normalized spacial score (nSPS) is 11.3. The van der Waals surface area contributed by atoms with E-state index in [1.807, 2.05) is 13.8 Å². The van der Waals surface area contributed by atoms with E-state index in [-0.39, 0.29) is 11.8 Å². The summed E-state index contributed by atoms with van der Waals surface area (Å²) in [5.74, 6) is 0.946. The average molecular weight is 314 g/mol. The molecule has 0 radical (unpaired) electrons. The van der Waals surface area contributed by atoms with Gasteiger partial charge in [-0.3, -0.25) is 4.57 Å². The number of hydrogen-bond donors (Lipinski definition) is 1. The van der Waals surface area contributed by atoms with Crippen LogP contribution in [-0.2, 0) is 5.75 Å². The van der Waals surface area contributed by atoms with Crippen molar-refractivity contribution in [3.8, 4) is 5.75 Å². The molecule has 0 bridgehead atoms. The van der Waals surface area contributed by atoms with Crippen molar-refractivity contribution in [2.75, 3.05) is 5.73 Å². The molecule has 8 heteroatoms. The Kier molecular flexibility index (Phi) is 5.00. The minimum Gasteiger partial charge on any atom is -0.435 e. The lowest BCUT2D eigenvalue weighted by molar-refractivity contribution is -0.0503. The zero-order valence-electron chi connectivity index (χ0n) is 11.7. The quantitative estimate of drug-likeness (QED) is 0.828.